The molecule has 0 atom stereocenters. The van der Waals surface area contributed by atoms with Crippen LogP contribution in [0.2, 0.25) is 0 Å². The quantitative estimate of drug-likeness (QED) is 0.545. The molecule has 0 aliphatic carbocycles. The Morgan fingerprint density at radius 2 is 1.55 bits per heavy atom. The fourth-order valence-corrected chi connectivity index (χ4v) is 0.895. The number of hydrogen-bond donors (Lipinski definition) is 0. The van der Waals surface area contributed by atoms with Gasteiger partial charge in [0.15, 0.2) is 0 Å². The molecule has 0 aromatic carbocycles. The van der Waals surface area contributed by atoms with Crippen LogP contribution in [0.4, 0.5) is 0 Å². The molecule has 1 fully saturated rings. The van der Waals surface area contributed by atoms with Crippen molar-refractivity contribution in [2.24, 2.45) is 0 Å². The van der Waals surface area contributed by atoms with Crippen LogP contribution in [0.3, 0.4) is 0 Å². The van der Waals surface area contributed by atoms with Gasteiger partial charge in [-0.1, -0.05) is 0 Å². The number of ether oxygens (including phenoxy) is 1. The fourth-order valence-electron chi connectivity index (χ4n) is 0.895. The van der Waals surface area contributed by atoms with E-state index in [0.29, 0.717) is 0 Å². The average molecular weight is 148 g/mol. The zero-order valence-corrected chi connectivity index (χ0v) is 6.70. The second kappa shape index (κ2) is 6.11. The van der Waals surface area contributed by atoms with E-state index in [2.05, 4.69) is 0 Å². The molecule has 0 N–H and O–H groups in total. The van der Waals surface area contributed by atoms with Crippen molar-refractivity contribution in [3.05, 3.63) is 30.1 Å². The summed E-state index contributed by atoms with van der Waals surface area (Å²) < 4.78 is 4.94. The maximum atomic E-state index is 4.94. The zero-order chi connectivity index (χ0) is 7.78. The molecule has 11 heavy (non-hydrogen) atoms. The third-order valence-electron chi connectivity index (χ3n) is 1.49. The van der Waals surface area contributed by atoms with Gasteiger partial charge in [0, 0.05) is 13.2 Å². The first-order chi connectivity index (χ1) is 5.50. The molecule has 58 valence electrons. The van der Waals surface area contributed by atoms with Gasteiger partial charge in [-0.15, -0.1) is 0 Å². The predicted octanol–water partition coefficient (Wildman–Crippen LogP) is 1.82. The van der Waals surface area contributed by atoms with Crippen LogP contribution in [0, 0.1) is 0 Å². The Kier molecular flexibility index (Phi) is 4.70. The fraction of sp³-hybridized carbons (Fsp3) is 0.444. The summed E-state index contributed by atoms with van der Waals surface area (Å²) in [5, 5.41) is 0. The third kappa shape index (κ3) is 4.74. The topological polar surface area (TPSA) is 9.23 Å². The molecule has 2 rings (SSSR count). The first-order valence-corrected chi connectivity index (χ1v) is 4.08. The second-order valence-corrected chi connectivity index (χ2v) is 2.47. The molecule has 0 saturated carbocycles. The first-order valence-electron chi connectivity index (χ1n) is 4.08. The Morgan fingerprint density at radius 1 is 0.909 bits per heavy atom. The predicted molar refractivity (Wildman–Crippen MR) is 47.8 cm³/mol. The molecule has 1 aliphatic rings. The van der Waals surface area contributed by atoms with Crippen molar-refractivity contribution in [1.29, 1.82) is 0 Å². The van der Waals surface area contributed by atoms with Gasteiger partial charge < -0.3 is 4.74 Å². The Morgan fingerprint density at radius 3 is 1.73 bits per heavy atom. The van der Waals surface area contributed by atoms with Crippen LogP contribution in [0.5, 0.6) is 0 Å². The Hall–Kier alpha value is -0.625. The minimum absolute atomic E-state index is 1.00. The molecule has 1 saturated heterocycles. The summed E-state index contributed by atoms with van der Waals surface area (Å²) >= 11 is 0. The van der Waals surface area contributed by atoms with E-state index in [0.717, 1.165) is 13.2 Å². The summed E-state index contributed by atoms with van der Waals surface area (Å²) in [5.41, 5.74) is 0. The van der Waals surface area contributed by atoms with Gasteiger partial charge in [0.1, 0.15) is 0 Å². The van der Waals surface area contributed by atoms with Crippen LogP contribution >= 0.6 is 0 Å². The van der Waals surface area contributed by atoms with Crippen LogP contribution in [0.15, 0.2) is 30.1 Å². The van der Waals surface area contributed by atoms with Crippen LogP contribution < -0.4 is 0 Å². The van der Waals surface area contributed by atoms with E-state index in [1.54, 1.807) is 0 Å². The monoisotopic (exact) mass is 148 g/mol. The van der Waals surface area contributed by atoms with Gasteiger partial charge in [0.2, 0.25) is 0 Å². The Labute approximate surface area is 68.6 Å². The summed E-state index contributed by atoms with van der Waals surface area (Å²) in [4.78, 5) is 0. The average Bonchev–Trinajstić information content (AvgIpc) is 2.64. The summed E-state index contributed by atoms with van der Waals surface area (Å²) in [6.45, 7) is 4.00. The summed E-state index contributed by atoms with van der Waals surface area (Å²) in [7, 11) is 0. The van der Waals surface area contributed by atoms with E-state index in [1.165, 1.54) is 12.8 Å². The molecule has 2 heterocycles. The van der Waals surface area contributed by atoms with Crippen molar-refractivity contribution in [3.63, 3.8) is 0 Å². The molecule has 1 aliphatic heterocycles. The van der Waals surface area contributed by atoms with E-state index in [-0.39, 0.29) is 0 Å². The second-order valence-electron chi connectivity index (χ2n) is 2.47. The standard InChI is InChI=1S/C5H5B.C4H8O/c1-2-4-6-5-3-1;1-2-4-5-3-1/h1-5H;1-4H2. The van der Waals surface area contributed by atoms with E-state index in [1.807, 2.05) is 37.0 Å². The molecule has 0 radical (unpaired) electrons. The number of rotatable bonds is 0. The summed E-state index contributed by atoms with van der Waals surface area (Å²) in [6, 6.07) is 6.00. The molecule has 0 unspecified atom stereocenters. The molecule has 2 heteroatoms. The molecular weight excluding hydrogens is 135 g/mol. The first kappa shape index (κ1) is 8.47. The van der Waals surface area contributed by atoms with Gasteiger partial charge in [-0.25, -0.2) is 0 Å². The van der Waals surface area contributed by atoms with Crippen molar-refractivity contribution < 1.29 is 4.74 Å². The van der Waals surface area contributed by atoms with Gasteiger partial charge in [-0.2, -0.15) is 0 Å². The van der Waals surface area contributed by atoms with Crippen molar-refractivity contribution in [1.82, 2.24) is 0 Å². The summed E-state index contributed by atoms with van der Waals surface area (Å²) in [5.74, 6) is 4.00. The minimum atomic E-state index is 1.00. The molecule has 0 spiro atoms. The van der Waals surface area contributed by atoms with E-state index < -0.39 is 0 Å². The van der Waals surface area contributed by atoms with Crippen molar-refractivity contribution in [2.75, 3.05) is 13.2 Å². The van der Waals surface area contributed by atoms with Crippen LogP contribution in [0.25, 0.3) is 0 Å². The normalized spacial score (nSPS) is 14.9. The van der Waals surface area contributed by atoms with Gasteiger partial charge in [-0.05, 0) is 12.8 Å². The Bertz CT molecular complexity index is 126. The molecular formula is C9H13BO. The van der Waals surface area contributed by atoms with Crippen LogP contribution in [0.1, 0.15) is 12.8 Å². The van der Waals surface area contributed by atoms with Crippen molar-refractivity contribution in [3.8, 4) is 0 Å². The van der Waals surface area contributed by atoms with E-state index in [9.17, 15) is 0 Å². The molecule has 0 amide bonds. The van der Waals surface area contributed by atoms with Crippen LogP contribution in [-0.4, -0.2) is 20.1 Å². The van der Waals surface area contributed by atoms with E-state index in [4.69, 9.17) is 4.74 Å². The van der Waals surface area contributed by atoms with Gasteiger partial charge in [0.05, 0.1) is 0 Å². The SMILES string of the molecule is C1CCOC1.b1ccccc1. The number of hydrogen-bond acceptors (Lipinski definition) is 1. The third-order valence-corrected chi connectivity index (χ3v) is 1.49. The molecule has 1 aromatic heterocycles. The zero-order valence-electron chi connectivity index (χ0n) is 6.70. The molecule has 1 nitrogen and oxygen atoms in total. The van der Waals surface area contributed by atoms with E-state index >= 15 is 0 Å². The molecule has 1 aromatic rings. The van der Waals surface area contributed by atoms with Gasteiger partial charge >= 0.3 is 37.0 Å². The molecule has 0 bridgehead atoms. The van der Waals surface area contributed by atoms with Gasteiger partial charge in [-0.3, -0.25) is 0 Å². The van der Waals surface area contributed by atoms with Crippen LogP contribution in [-0.2, 0) is 4.74 Å². The Balaban J connectivity index is 0.000000112. The summed E-state index contributed by atoms with van der Waals surface area (Å²) in [6.07, 6.45) is 2.56. The van der Waals surface area contributed by atoms with Crippen molar-refractivity contribution in [2.45, 2.75) is 12.8 Å². The van der Waals surface area contributed by atoms with Gasteiger partial charge in [0.25, 0.3) is 0 Å². The van der Waals surface area contributed by atoms with Crippen molar-refractivity contribution >= 4 is 6.91 Å². The maximum absolute atomic E-state index is 4.94.